The van der Waals surface area contributed by atoms with Gasteiger partial charge in [-0.1, -0.05) is 32.8 Å². The first-order chi connectivity index (χ1) is 9.59. The third kappa shape index (κ3) is 3.56. The highest BCUT2D eigenvalue weighted by molar-refractivity contribution is 9.10. The molecule has 112 valence electrons. The Balaban J connectivity index is 2.13. The molecule has 1 aliphatic carbocycles. The SMILES string of the molecule is CCNC(Cc1ccc(OC)c(Br)c1)C1(C)CCCC1. The third-order valence-corrected chi connectivity index (χ3v) is 5.31. The van der Waals surface area contributed by atoms with Gasteiger partial charge in [-0.15, -0.1) is 0 Å². The zero-order valence-corrected chi connectivity index (χ0v) is 14.4. The largest absolute Gasteiger partial charge is 0.496 e. The Kier molecular flexibility index (Phi) is 5.50. The van der Waals surface area contributed by atoms with E-state index in [1.165, 1.54) is 31.2 Å². The van der Waals surface area contributed by atoms with Crippen LogP contribution in [0.4, 0.5) is 0 Å². The van der Waals surface area contributed by atoms with Crippen LogP contribution >= 0.6 is 15.9 Å². The second-order valence-electron chi connectivity index (χ2n) is 6.14. The monoisotopic (exact) mass is 339 g/mol. The van der Waals surface area contributed by atoms with Gasteiger partial charge in [-0.3, -0.25) is 0 Å². The number of halogens is 1. The van der Waals surface area contributed by atoms with Crippen LogP contribution < -0.4 is 10.1 Å². The van der Waals surface area contributed by atoms with E-state index in [0.29, 0.717) is 11.5 Å². The number of rotatable bonds is 6. The molecule has 1 saturated carbocycles. The predicted molar refractivity (Wildman–Crippen MR) is 88.4 cm³/mol. The van der Waals surface area contributed by atoms with E-state index < -0.39 is 0 Å². The molecule has 1 aliphatic rings. The van der Waals surface area contributed by atoms with Gasteiger partial charge in [0.2, 0.25) is 0 Å². The quantitative estimate of drug-likeness (QED) is 0.820. The van der Waals surface area contributed by atoms with E-state index in [2.05, 4.69) is 53.3 Å². The van der Waals surface area contributed by atoms with E-state index in [1.54, 1.807) is 7.11 Å². The number of ether oxygens (including phenoxy) is 1. The van der Waals surface area contributed by atoms with Gasteiger partial charge in [0.1, 0.15) is 5.75 Å². The Labute approximate surface area is 131 Å². The van der Waals surface area contributed by atoms with E-state index in [-0.39, 0.29) is 0 Å². The summed E-state index contributed by atoms with van der Waals surface area (Å²) in [6, 6.07) is 7.00. The maximum Gasteiger partial charge on any atom is 0.133 e. The molecule has 2 nitrogen and oxygen atoms in total. The summed E-state index contributed by atoms with van der Waals surface area (Å²) < 4.78 is 6.36. The molecule has 0 spiro atoms. The number of hydrogen-bond donors (Lipinski definition) is 1. The Morgan fingerprint density at radius 3 is 2.60 bits per heavy atom. The van der Waals surface area contributed by atoms with Crippen molar-refractivity contribution in [3.8, 4) is 5.75 Å². The molecule has 0 bridgehead atoms. The minimum atomic E-state index is 0.447. The van der Waals surface area contributed by atoms with Crippen LogP contribution in [-0.4, -0.2) is 19.7 Å². The molecule has 0 saturated heterocycles. The number of likely N-dealkylation sites (N-methyl/N-ethyl adjacent to an activating group) is 1. The summed E-state index contributed by atoms with van der Waals surface area (Å²) in [6.45, 7) is 5.69. The molecule has 1 unspecified atom stereocenters. The van der Waals surface area contributed by atoms with Crippen LogP contribution in [0.2, 0.25) is 0 Å². The summed E-state index contributed by atoms with van der Waals surface area (Å²) in [6.07, 6.45) is 6.55. The van der Waals surface area contributed by atoms with Gasteiger partial charge in [-0.2, -0.15) is 0 Å². The molecule has 0 aromatic heterocycles. The molecule has 0 heterocycles. The van der Waals surface area contributed by atoms with Crippen molar-refractivity contribution in [1.29, 1.82) is 0 Å². The Morgan fingerprint density at radius 1 is 1.35 bits per heavy atom. The first kappa shape index (κ1) is 15.8. The molecular weight excluding hydrogens is 314 g/mol. The number of nitrogens with one attached hydrogen (secondary N) is 1. The Morgan fingerprint density at radius 2 is 2.05 bits per heavy atom. The van der Waals surface area contributed by atoms with Gasteiger partial charge < -0.3 is 10.1 Å². The summed E-state index contributed by atoms with van der Waals surface area (Å²) in [7, 11) is 1.71. The smallest absolute Gasteiger partial charge is 0.133 e. The van der Waals surface area contributed by atoms with Gasteiger partial charge in [-0.05, 0) is 64.8 Å². The van der Waals surface area contributed by atoms with Crippen molar-refractivity contribution in [2.24, 2.45) is 5.41 Å². The average Bonchev–Trinajstić information content (AvgIpc) is 2.87. The van der Waals surface area contributed by atoms with Crippen LogP contribution in [0, 0.1) is 5.41 Å². The minimum Gasteiger partial charge on any atom is -0.496 e. The van der Waals surface area contributed by atoms with Crippen LogP contribution in [0.25, 0.3) is 0 Å². The molecule has 0 amide bonds. The second-order valence-corrected chi connectivity index (χ2v) is 7.00. The van der Waals surface area contributed by atoms with Crippen LogP contribution in [0.3, 0.4) is 0 Å². The maximum atomic E-state index is 5.31. The summed E-state index contributed by atoms with van der Waals surface area (Å²) >= 11 is 3.59. The zero-order chi connectivity index (χ0) is 14.6. The Hall–Kier alpha value is -0.540. The van der Waals surface area contributed by atoms with Crippen molar-refractivity contribution >= 4 is 15.9 Å². The highest BCUT2D eigenvalue weighted by Gasteiger charge is 2.36. The fourth-order valence-electron chi connectivity index (χ4n) is 3.42. The van der Waals surface area contributed by atoms with Crippen LogP contribution in [0.5, 0.6) is 5.75 Å². The first-order valence-electron chi connectivity index (χ1n) is 7.65. The van der Waals surface area contributed by atoms with Gasteiger partial charge in [-0.25, -0.2) is 0 Å². The highest BCUT2D eigenvalue weighted by Crippen LogP contribution is 2.41. The summed E-state index contributed by atoms with van der Waals surface area (Å²) in [5.41, 5.74) is 1.82. The van der Waals surface area contributed by atoms with Gasteiger partial charge in [0.15, 0.2) is 0 Å². The topological polar surface area (TPSA) is 21.3 Å². The number of hydrogen-bond acceptors (Lipinski definition) is 2. The lowest BCUT2D eigenvalue weighted by atomic mass is 9.78. The van der Waals surface area contributed by atoms with Gasteiger partial charge >= 0.3 is 0 Å². The molecule has 0 aliphatic heterocycles. The fraction of sp³-hybridized carbons (Fsp3) is 0.647. The molecule has 0 radical (unpaired) electrons. The van der Waals surface area contributed by atoms with Gasteiger partial charge in [0, 0.05) is 6.04 Å². The van der Waals surface area contributed by atoms with Gasteiger partial charge in [0.25, 0.3) is 0 Å². The van der Waals surface area contributed by atoms with Crippen LogP contribution in [0.15, 0.2) is 22.7 Å². The molecule has 1 aromatic rings. The zero-order valence-electron chi connectivity index (χ0n) is 12.8. The Bertz CT molecular complexity index is 441. The van der Waals surface area contributed by atoms with E-state index in [1.807, 2.05) is 0 Å². The molecular formula is C17H26BrNO. The fourth-order valence-corrected chi connectivity index (χ4v) is 4.00. The first-order valence-corrected chi connectivity index (χ1v) is 8.44. The number of methoxy groups -OCH3 is 1. The second kappa shape index (κ2) is 6.95. The van der Waals surface area contributed by atoms with Crippen molar-refractivity contribution in [1.82, 2.24) is 5.32 Å². The van der Waals surface area contributed by atoms with Crippen molar-refractivity contribution in [3.05, 3.63) is 28.2 Å². The van der Waals surface area contributed by atoms with Crippen LogP contribution in [0.1, 0.15) is 45.1 Å². The number of benzene rings is 1. The molecule has 1 atom stereocenters. The third-order valence-electron chi connectivity index (χ3n) is 4.69. The summed E-state index contributed by atoms with van der Waals surface area (Å²) in [5, 5.41) is 3.72. The molecule has 2 rings (SSSR count). The molecule has 20 heavy (non-hydrogen) atoms. The lowest BCUT2D eigenvalue weighted by Crippen LogP contribution is -2.43. The summed E-state index contributed by atoms with van der Waals surface area (Å²) in [4.78, 5) is 0. The van der Waals surface area contributed by atoms with E-state index in [0.717, 1.165) is 23.2 Å². The summed E-state index contributed by atoms with van der Waals surface area (Å²) in [5.74, 6) is 0.904. The minimum absolute atomic E-state index is 0.447. The van der Waals surface area contributed by atoms with Crippen LogP contribution in [-0.2, 0) is 6.42 Å². The van der Waals surface area contributed by atoms with E-state index in [4.69, 9.17) is 4.74 Å². The highest BCUT2D eigenvalue weighted by atomic mass is 79.9. The normalized spacial score (nSPS) is 19.0. The average molecular weight is 340 g/mol. The lowest BCUT2D eigenvalue weighted by Gasteiger charge is -2.35. The molecule has 3 heteroatoms. The van der Waals surface area contributed by atoms with E-state index >= 15 is 0 Å². The maximum absolute atomic E-state index is 5.31. The molecule has 1 aromatic carbocycles. The van der Waals surface area contributed by atoms with Crippen molar-refractivity contribution in [2.45, 2.75) is 52.0 Å². The van der Waals surface area contributed by atoms with Crippen molar-refractivity contribution in [3.63, 3.8) is 0 Å². The van der Waals surface area contributed by atoms with Crippen molar-refractivity contribution < 1.29 is 4.74 Å². The predicted octanol–water partition coefficient (Wildman–Crippen LogP) is 4.56. The molecule has 1 fully saturated rings. The lowest BCUT2D eigenvalue weighted by molar-refractivity contribution is 0.222. The van der Waals surface area contributed by atoms with Crippen molar-refractivity contribution in [2.75, 3.05) is 13.7 Å². The van der Waals surface area contributed by atoms with E-state index in [9.17, 15) is 0 Å². The molecule has 1 N–H and O–H groups in total. The van der Waals surface area contributed by atoms with Gasteiger partial charge in [0.05, 0.1) is 11.6 Å². The standard InChI is InChI=1S/C17H26BrNO/c1-4-19-16(17(2)9-5-6-10-17)12-13-7-8-15(20-3)14(18)11-13/h7-8,11,16,19H,4-6,9-10,12H2,1-3H3.